The summed E-state index contributed by atoms with van der Waals surface area (Å²) in [5.41, 5.74) is -0.198. The van der Waals surface area contributed by atoms with E-state index in [9.17, 15) is 34.5 Å². The van der Waals surface area contributed by atoms with Crippen molar-refractivity contribution >= 4 is 84.8 Å². The molecule has 5 amide bonds. The predicted octanol–water partition coefficient (Wildman–Crippen LogP) is 7.78. The van der Waals surface area contributed by atoms with E-state index in [0.29, 0.717) is 0 Å². The van der Waals surface area contributed by atoms with Gasteiger partial charge >= 0.3 is 6.09 Å². The number of carbonyl (C=O) groups is 5. The number of rotatable bonds is 19. The number of aliphatic hydroxyl groups is 1. The van der Waals surface area contributed by atoms with Crippen molar-refractivity contribution < 1.29 is 63.0 Å². The number of nitrogens with one attached hydrogen (secondary N) is 5. The highest BCUT2D eigenvalue weighted by Crippen LogP contribution is 2.38. The second-order valence-electron chi connectivity index (χ2n) is 16.5. The highest BCUT2D eigenvalue weighted by Gasteiger charge is 2.39. The largest absolute Gasteiger partial charge is 0.506 e. The maximum atomic E-state index is 15.3. The van der Waals surface area contributed by atoms with Gasteiger partial charge in [-0.05, 0) is 123 Å². The third kappa shape index (κ3) is 14.6. The SMILES string of the molecule is CNC(=O)[C@@H](NC(=O)[C@@H](NC(=O)[C@H](NC(=O)[C@H](NC(=O)OC(C)(C)C)c1cc(Br)c(O)c(Br)c1)c1ccc(OC)cc1OCc1ccccc1)[C@H](O)c1cc(Cl)c(O)c(Cl)c1)c1cc(OC)cc(OC)c1. The number of methoxy groups -OCH3 is 3. The van der Waals surface area contributed by atoms with E-state index in [4.69, 9.17) is 46.9 Å². The number of likely N-dealkylation sites (N-methyl/N-ethyl adjacent to an activating group) is 1. The van der Waals surface area contributed by atoms with Gasteiger partial charge in [-0.1, -0.05) is 53.5 Å². The van der Waals surface area contributed by atoms with Crippen LogP contribution in [0.1, 0.15) is 72.8 Å². The summed E-state index contributed by atoms with van der Waals surface area (Å²) in [6, 6.07) is 15.8. The van der Waals surface area contributed by atoms with Gasteiger partial charge in [-0.3, -0.25) is 19.2 Å². The zero-order valence-corrected chi connectivity index (χ0v) is 43.9. The van der Waals surface area contributed by atoms with E-state index in [-0.39, 0.29) is 76.6 Å². The summed E-state index contributed by atoms with van der Waals surface area (Å²) < 4.78 is 28.3. The van der Waals surface area contributed by atoms with E-state index >= 15 is 4.79 Å². The molecular formula is C49H51Br2Cl2N5O13. The highest BCUT2D eigenvalue weighted by molar-refractivity contribution is 9.11. The Hall–Kier alpha value is -6.45. The summed E-state index contributed by atoms with van der Waals surface area (Å²) in [6.07, 6.45) is -3.06. The summed E-state index contributed by atoms with van der Waals surface area (Å²) in [4.78, 5) is 71.9. The zero-order valence-electron chi connectivity index (χ0n) is 39.2. The number of aliphatic hydroxyl groups excluding tert-OH is 1. The fourth-order valence-electron chi connectivity index (χ4n) is 6.87. The van der Waals surface area contributed by atoms with Crippen molar-refractivity contribution in [3.05, 3.63) is 138 Å². The fourth-order valence-corrected chi connectivity index (χ4v) is 8.60. The van der Waals surface area contributed by atoms with Crippen LogP contribution in [0.15, 0.2) is 99.9 Å². The number of amides is 5. The standard InChI is InChI=1S/C49H51Br2Cl2N5O13/c1-49(2,3)71-48(66)58-38(26-17-32(50)42(60)33(51)18-26)45(63)56-39(31-14-13-28(67-5)22-36(31)70-23-24-11-9-8-10-12-24)46(64)57-40(41(59)27-19-34(52)43(61)35(53)20-27)47(65)55-37(44(62)54-4)25-15-29(68-6)21-30(16-25)69-7/h8-22,37-41,59-61H,23H2,1-7H3,(H,54,62)(H,55,65)(H,56,63)(H,57,64)(H,58,66)/t37-,38+,39+,40-,41+/m0/s1. The lowest BCUT2D eigenvalue weighted by Gasteiger charge is -2.30. The van der Waals surface area contributed by atoms with Gasteiger partial charge < -0.3 is 65.6 Å². The molecule has 0 unspecified atom stereocenters. The molecule has 0 bridgehead atoms. The van der Waals surface area contributed by atoms with E-state index in [1.165, 1.54) is 76.9 Å². The van der Waals surface area contributed by atoms with Crippen molar-refractivity contribution in [1.29, 1.82) is 0 Å². The lowest BCUT2D eigenvalue weighted by atomic mass is 9.97. The van der Waals surface area contributed by atoms with E-state index in [2.05, 4.69) is 58.4 Å². The molecule has 0 radical (unpaired) electrons. The molecule has 0 spiro atoms. The maximum Gasteiger partial charge on any atom is 0.408 e. The van der Waals surface area contributed by atoms with Crippen molar-refractivity contribution in [2.24, 2.45) is 0 Å². The van der Waals surface area contributed by atoms with Crippen LogP contribution >= 0.6 is 55.1 Å². The minimum atomic E-state index is -2.05. The molecule has 5 aromatic carbocycles. The first-order valence-corrected chi connectivity index (χ1v) is 23.7. The Labute approximate surface area is 435 Å². The molecule has 71 heavy (non-hydrogen) atoms. The summed E-state index contributed by atoms with van der Waals surface area (Å²) >= 11 is 19.1. The molecule has 0 aliphatic carbocycles. The number of phenols is 2. The van der Waals surface area contributed by atoms with Gasteiger partial charge in [0.15, 0.2) is 5.75 Å². The number of alkyl carbamates (subject to hydrolysis) is 1. The summed E-state index contributed by atoms with van der Waals surface area (Å²) in [6.45, 7) is 4.80. The lowest BCUT2D eigenvalue weighted by molar-refractivity contribution is -0.136. The van der Waals surface area contributed by atoms with Crippen LogP contribution in [0.2, 0.25) is 10.0 Å². The molecule has 8 N–H and O–H groups in total. The minimum absolute atomic E-state index is 0.00671. The van der Waals surface area contributed by atoms with Crippen LogP contribution in [0, 0.1) is 0 Å². The number of carbonyl (C=O) groups excluding carboxylic acids is 5. The Morgan fingerprint density at radius 3 is 1.70 bits per heavy atom. The first-order chi connectivity index (χ1) is 33.6. The number of halogens is 4. The lowest BCUT2D eigenvalue weighted by Crippen LogP contribution is -2.55. The number of hydrogen-bond acceptors (Lipinski definition) is 13. The second kappa shape index (κ2) is 24.6. The van der Waals surface area contributed by atoms with Gasteiger partial charge in [0.2, 0.25) is 23.6 Å². The van der Waals surface area contributed by atoms with Gasteiger partial charge in [-0.25, -0.2) is 4.79 Å². The summed E-state index contributed by atoms with van der Waals surface area (Å²) in [5.74, 6) is -3.97. The van der Waals surface area contributed by atoms with Crippen LogP contribution in [-0.2, 0) is 30.5 Å². The topological polar surface area (TPSA) is 252 Å². The van der Waals surface area contributed by atoms with E-state index in [0.717, 1.165) is 17.7 Å². The van der Waals surface area contributed by atoms with Gasteiger partial charge in [0.05, 0.1) is 40.3 Å². The molecule has 5 rings (SSSR count). The van der Waals surface area contributed by atoms with Crippen LogP contribution in [0.5, 0.6) is 34.5 Å². The molecule has 0 fully saturated rings. The molecule has 0 aromatic heterocycles. The van der Waals surface area contributed by atoms with Crippen molar-refractivity contribution in [2.45, 2.75) is 63.3 Å². The Morgan fingerprint density at radius 1 is 0.620 bits per heavy atom. The highest BCUT2D eigenvalue weighted by atomic mass is 79.9. The normalized spacial score (nSPS) is 13.2. The van der Waals surface area contributed by atoms with Gasteiger partial charge in [-0.2, -0.15) is 0 Å². The Morgan fingerprint density at radius 2 is 1.15 bits per heavy atom. The molecule has 0 heterocycles. The number of aromatic hydroxyl groups is 2. The molecular weight excluding hydrogens is 1100 g/mol. The maximum absolute atomic E-state index is 15.3. The molecule has 0 aliphatic heterocycles. The van der Waals surface area contributed by atoms with Crippen molar-refractivity contribution in [1.82, 2.24) is 26.6 Å². The monoisotopic (exact) mass is 1150 g/mol. The van der Waals surface area contributed by atoms with E-state index in [1.54, 1.807) is 45.0 Å². The number of ether oxygens (including phenoxy) is 5. The van der Waals surface area contributed by atoms with E-state index in [1.807, 2.05) is 6.07 Å². The molecule has 5 aromatic rings. The Balaban J connectivity index is 1.69. The van der Waals surface area contributed by atoms with Crippen LogP contribution < -0.4 is 45.5 Å². The van der Waals surface area contributed by atoms with Crippen molar-refractivity contribution in [3.63, 3.8) is 0 Å². The van der Waals surface area contributed by atoms with Crippen molar-refractivity contribution in [2.75, 3.05) is 28.4 Å². The third-order valence-corrected chi connectivity index (χ3v) is 12.2. The first-order valence-electron chi connectivity index (χ1n) is 21.3. The quantitative estimate of drug-likeness (QED) is 0.0394. The third-order valence-electron chi connectivity index (χ3n) is 10.4. The minimum Gasteiger partial charge on any atom is -0.506 e. The van der Waals surface area contributed by atoms with Crippen LogP contribution in [0.25, 0.3) is 0 Å². The summed E-state index contributed by atoms with van der Waals surface area (Å²) in [7, 11) is 5.50. The Kier molecular flexibility index (Phi) is 19.2. The Bertz CT molecular complexity index is 2700. The van der Waals surface area contributed by atoms with Crippen molar-refractivity contribution in [3.8, 4) is 34.5 Å². The van der Waals surface area contributed by atoms with Crippen LogP contribution in [0.4, 0.5) is 4.79 Å². The molecule has 0 aliphatic rings. The van der Waals surface area contributed by atoms with E-state index < -0.39 is 71.3 Å². The van der Waals surface area contributed by atoms with Crippen LogP contribution in [-0.4, -0.2) is 85.1 Å². The molecule has 0 saturated heterocycles. The molecule has 0 saturated carbocycles. The molecule has 5 atom stereocenters. The van der Waals surface area contributed by atoms with Gasteiger partial charge in [0.1, 0.15) is 71.2 Å². The number of benzene rings is 5. The van der Waals surface area contributed by atoms with Gasteiger partial charge in [0.25, 0.3) is 0 Å². The average Bonchev–Trinajstić information content (AvgIpc) is 3.34. The van der Waals surface area contributed by atoms with Gasteiger partial charge in [0, 0.05) is 24.7 Å². The smallest absolute Gasteiger partial charge is 0.408 e. The molecule has 22 heteroatoms. The fraction of sp³-hybridized carbons (Fsp3) is 0.286. The summed E-state index contributed by atoms with van der Waals surface area (Å²) in [5, 5.41) is 45.3. The molecule has 18 nitrogen and oxygen atoms in total. The number of phenolic OH excluding ortho intramolecular Hbond substituents is 2. The number of hydrogen-bond donors (Lipinski definition) is 8. The zero-order chi connectivity index (χ0) is 52.3. The van der Waals surface area contributed by atoms with Crippen LogP contribution in [0.3, 0.4) is 0 Å². The first kappa shape index (κ1) is 55.5. The molecule has 378 valence electrons. The predicted molar refractivity (Wildman–Crippen MR) is 270 cm³/mol. The van der Waals surface area contributed by atoms with Gasteiger partial charge in [-0.15, -0.1) is 0 Å². The second-order valence-corrected chi connectivity index (χ2v) is 19.0. The average molecular weight is 1150 g/mol.